The summed E-state index contributed by atoms with van der Waals surface area (Å²) in [7, 11) is 1.64. The number of nitrogens with zero attached hydrogens (tertiary/aromatic N) is 3. The van der Waals surface area contributed by atoms with Crippen LogP contribution in [0.15, 0.2) is 39.9 Å². The van der Waals surface area contributed by atoms with E-state index in [0.29, 0.717) is 148 Å². The number of aromatic nitrogens is 4. The Kier molecular flexibility index (Phi) is 26.5. The number of rotatable bonds is 36. The molecule has 2 fully saturated rings. The van der Waals surface area contributed by atoms with Crippen LogP contribution in [0.2, 0.25) is 0 Å². The average Bonchev–Trinajstić information content (AvgIpc) is 3.79. The molecule has 0 bridgehead atoms. The molecule has 0 radical (unpaired) electrons. The largest absolute Gasteiger partial charge is 0.460 e. The molecule has 2 aromatic heterocycles. The van der Waals surface area contributed by atoms with E-state index in [-0.39, 0.29) is 24.5 Å². The van der Waals surface area contributed by atoms with Crippen molar-refractivity contribution in [2.75, 3.05) is 126 Å². The fraction of sp³-hybridized carbons (Fsp3) is 0.714. The topological polar surface area (TPSA) is 182 Å². The summed E-state index contributed by atoms with van der Waals surface area (Å²) in [6.07, 6.45) is 17.0. The van der Waals surface area contributed by atoms with Crippen LogP contribution in [0.1, 0.15) is 82.6 Å². The van der Waals surface area contributed by atoms with Crippen LogP contribution in [0, 0.1) is 11.8 Å². The highest BCUT2D eigenvalue weighted by atomic mass is 16.6. The van der Waals surface area contributed by atoms with Gasteiger partial charge in [-0.25, -0.2) is 14.6 Å². The number of benzene rings is 1. The van der Waals surface area contributed by atoms with Gasteiger partial charge in [0.25, 0.3) is 5.56 Å². The van der Waals surface area contributed by atoms with Crippen molar-refractivity contribution in [1.29, 1.82) is 0 Å². The number of methoxy groups -OCH3 is 1. The molecule has 17 nitrogen and oxygen atoms in total. The second-order valence-electron chi connectivity index (χ2n) is 16.8. The van der Waals surface area contributed by atoms with Gasteiger partial charge < -0.3 is 52.4 Å². The Morgan fingerprint density at radius 3 is 1.47 bits per heavy atom. The van der Waals surface area contributed by atoms with Crippen molar-refractivity contribution in [3.05, 3.63) is 56.7 Å². The van der Waals surface area contributed by atoms with E-state index >= 15 is 0 Å². The normalized spacial score (nSPS) is 15.1. The first-order chi connectivity index (χ1) is 32.5. The van der Waals surface area contributed by atoms with E-state index in [4.69, 9.17) is 52.4 Å². The van der Waals surface area contributed by atoms with Crippen molar-refractivity contribution in [3.8, 4) is 11.4 Å². The van der Waals surface area contributed by atoms with Crippen molar-refractivity contribution in [2.45, 2.75) is 90.1 Å². The average molecular weight is 929 g/mol. The first-order valence-electron chi connectivity index (χ1n) is 24.3. The van der Waals surface area contributed by atoms with Crippen LogP contribution in [-0.4, -0.2) is 151 Å². The molecule has 5 rings (SSSR count). The maximum absolute atomic E-state index is 13.9. The number of carbonyl (C=O) groups excluding carboxylic acids is 1. The zero-order valence-electron chi connectivity index (χ0n) is 39.4. The van der Waals surface area contributed by atoms with Crippen LogP contribution in [-0.2, 0) is 65.3 Å². The smallest absolute Gasteiger partial charge is 0.332 e. The molecule has 3 aromatic rings. The van der Waals surface area contributed by atoms with Gasteiger partial charge >= 0.3 is 11.7 Å². The molecule has 2 heterocycles. The standard InChI is InChI=1S/C49H76N4O13/c1-57-22-23-58-24-25-59-26-27-60-28-29-61-30-31-62-32-33-63-34-35-64-36-37-65-38-39-66-44(54)17-14-42-12-15-43(16-13-42)46-50-45-47(51-46)52(20-18-40-8-4-2-5-9-40)49(56)53(48(45)55)21-19-41-10-6-3-7-11-41/h12-17,40-41H,2-11,18-39H2,1H3,(H,50,51)/b17-14+. The predicted molar refractivity (Wildman–Crippen MR) is 251 cm³/mol. The number of esters is 1. The van der Waals surface area contributed by atoms with E-state index in [1.807, 2.05) is 24.3 Å². The minimum absolute atomic E-state index is 0.118. The minimum atomic E-state index is -0.477. The number of imidazole rings is 1. The van der Waals surface area contributed by atoms with Crippen LogP contribution in [0.25, 0.3) is 28.6 Å². The van der Waals surface area contributed by atoms with E-state index in [0.717, 1.165) is 36.8 Å². The van der Waals surface area contributed by atoms with Crippen molar-refractivity contribution < 1.29 is 52.2 Å². The molecule has 0 unspecified atom stereocenters. The number of nitrogens with one attached hydrogen (secondary N) is 1. The summed E-state index contributed by atoms with van der Waals surface area (Å²) in [5.41, 5.74) is 1.79. The molecule has 0 atom stereocenters. The zero-order chi connectivity index (χ0) is 46.3. The third-order valence-electron chi connectivity index (χ3n) is 11.9. The summed E-state index contributed by atoms with van der Waals surface area (Å²) in [5, 5.41) is 0. The molecule has 370 valence electrons. The maximum atomic E-state index is 13.9. The van der Waals surface area contributed by atoms with Gasteiger partial charge in [-0.05, 0) is 36.3 Å². The Balaban J connectivity index is 0.898. The minimum Gasteiger partial charge on any atom is -0.460 e. The number of H-pyrrole nitrogens is 1. The Morgan fingerprint density at radius 2 is 1.02 bits per heavy atom. The third-order valence-corrected chi connectivity index (χ3v) is 11.9. The predicted octanol–water partition coefficient (Wildman–Crippen LogP) is 5.83. The molecule has 66 heavy (non-hydrogen) atoms. The van der Waals surface area contributed by atoms with Gasteiger partial charge in [-0.3, -0.25) is 13.9 Å². The summed E-state index contributed by atoms with van der Waals surface area (Å²) in [6, 6.07) is 7.50. The molecule has 2 aliphatic rings. The van der Waals surface area contributed by atoms with Crippen molar-refractivity contribution in [1.82, 2.24) is 19.1 Å². The lowest BCUT2D eigenvalue weighted by atomic mass is 9.87. The fourth-order valence-electron chi connectivity index (χ4n) is 8.23. The first-order valence-corrected chi connectivity index (χ1v) is 24.3. The summed E-state index contributed by atoms with van der Waals surface area (Å²) in [6.45, 7) is 9.14. The molecule has 1 N–H and O–H groups in total. The van der Waals surface area contributed by atoms with E-state index in [2.05, 4.69) is 4.98 Å². The molecule has 2 aliphatic carbocycles. The van der Waals surface area contributed by atoms with Gasteiger partial charge in [0.05, 0.1) is 112 Å². The van der Waals surface area contributed by atoms with Gasteiger partial charge in [-0.1, -0.05) is 88.5 Å². The number of hydrogen-bond donors (Lipinski definition) is 1. The number of aryl methyl sites for hydroxylation is 1. The third kappa shape index (κ3) is 20.2. The van der Waals surface area contributed by atoms with Gasteiger partial charge in [0.15, 0.2) is 5.52 Å². The summed E-state index contributed by atoms with van der Waals surface area (Å²) >= 11 is 0. The van der Waals surface area contributed by atoms with E-state index < -0.39 is 5.97 Å². The van der Waals surface area contributed by atoms with Gasteiger partial charge in [0.2, 0.25) is 0 Å². The fourth-order valence-corrected chi connectivity index (χ4v) is 8.23. The van der Waals surface area contributed by atoms with Crippen LogP contribution >= 0.6 is 0 Å². The number of aromatic amines is 1. The molecule has 0 aliphatic heterocycles. The quantitative estimate of drug-likeness (QED) is 0.0418. The highest BCUT2D eigenvalue weighted by Gasteiger charge is 2.22. The number of hydrogen-bond acceptors (Lipinski definition) is 14. The Labute approximate surface area is 389 Å². The Morgan fingerprint density at radius 1 is 0.591 bits per heavy atom. The molecular weight excluding hydrogens is 853 g/mol. The molecular formula is C49H76N4O13. The van der Waals surface area contributed by atoms with Gasteiger partial charge in [-0.2, -0.15) is 0 Å². The lowest BCUT2D eigenvalue weighted by molar-refractivity contribution is -0.139. The monoisotopic (exact) mass is 929 g/mol. The summed E-state index contributed by atoms with van der Waals surface area (Å²) < 4.78 is 57.1. The van der Waals surface area contributed by atoms with Crippen LogP contribution in [0.3, 0.4) is 0 Å². The van der Waals surface area contributed by atoms with Crippen molar-refractivity contribution in [3.63, 3.8) is 0 Å². The highest BCUT2D eigenvalue weighted by molar-refractivity contribution is 5.87. The number of fused-ring (bicyclic) bond motifs is 1. The molecule has 0 saturated heterocycles. The van der Waals surface area contributed by atoms with Crippen molar-refractivity contribution in [2.24, 2.45) is 11.8 Å². The Hall–Kier alpha value is -3.78. The maximum Gasteiger partial charge on any atom is 0.332 e. The van der Waals surface area contributed by atoms with Crippen molar-refractivity contribution >= 4 is 23.2 Å². The molecule has 2 saturated carbocycles. The highest BCUT2D eigenvalue weighted by Crippen LogP contribution is 2.28. The van der Waals surface area contributed by atoms with Crippen LogP contribution < -0.4 is 11.2 Å². The van der Waals surface area contributed by atoms with E-state index in [1.165, 1.54) is 62.0 Å². The van der Waals surface area contributed by atoms with Gasteiger partial charge in [0, 0.05) is 31.8 Å². The second-order valence-corrected chi connectivity index (χ2v) is 16.8. The lowest BCUT2D eigenvalue weighted by Crippen LogP contribution is -2.41. The van der Waals surface area contributed by atoms with Crippen LogP contribution in [0.4, 0.5) is 0 Å². The lowest BCUT2D eigenvalue weighted by Gasteiger charge is -2.23. The zero-order valence-corrected chi connectivity index (χ0v) is 39.4. The molecule has 1 aromatic carbocycles. The summed E-state index contributed by atoms with van der Waals surface area (Å²) in [5.74, 6) is 1.20. The summed E-state index contributed by atoms with van der Waals surface area (Å²) in [4.78, 5) is 48.2. The first kappa shape index (κ1) is 53.2. The van der Waals surface area contributed by atoms with Gasteiger partial charge in [-0.15, -0.1) is 0 Å². The number of carbonyl (C=O) groups is 1. The molecule has 0 amide bonds. The van der Waals surface area contributed by atoms with E-state index in [1.54, 1.807) is 17.8 Å². The second kappa shape index (κ2) is 32.8. The Bertz CT molecular complexity index is 1900. The van der Waals surface area contributed by atoms with E-state index in [9.17, 15) is 14.4 Å². The van der Waals surface area contributed by atoms with Gasteiger partial charge in [0.1, 0.15) is 18.1 Å². The molecule has 17 heteroatoms. The SMILES string of the molecule is COCCOCCOCCOCCOCCOCCOCCOCCOCCOC(=O)/C=C/c1ccc(-c2nc3c(=O)n(CCC4CCCCC4)c(=O)n(CCC4CCCCC4)c3[nH]2)cc1. The molecule has 0 spiro atoms. The number of ether oxygens (including phenoxy) is 10. The van der Waals surface area contributed by atoms with Crippen LogP contribution in [0.5, 0.6) is 0 Å².